The monoisotopic (exact) mass is 360 g/mol. The average Bonchev–Trinajstić information content (AvgIpc) is 2.26. The summed E-state index contributed by atoms with van der Waals surface area (Å²) in [6.07, 6.45) is 2.42. The Balaban J connectivity index is 2.08. The van der Waals surface area contributed by atoms with Gasteiger partial charge < -0.3 is 10.2 Å². The molecule has 0 aliphatic carbocycles. The highest BCUT2D eigenvalue weighted by Crippen LogP contribution is 2.33. The van der Waals surface area contributed by atoms with E-state index in [1.807, 2.05) is 0 Å². The van der Waals surface area contributed by atoms with Crippen molar-refractivity contribution in [3.63, 3.8) is 0 Å². The molecule has 0 amide bonds. The number of likely N-dealkylation sites (tertiary alicyclic amines) is 1. The molecule has 0 saturated carbocycles. The molecule has 0 bridgehead atoms. The van der Waals surface area contributed by atoms with Crippen LogP contribution in [0.2, 0.25) is 0 Å². The van der Waals surface area contributed by atoms with Crippen LogP contribution < -0.4 is 5.32 Å². The van der Waals surface area contributed by atoms with Crippen molar-refractivity contribution >= 4 is 37.5 Å². The molecule has 17 heavy (non-hydrogen) atoms. The average molecular weight is 362 g/mol. The molecule has 1 heterocycles. The van der Waals surface area contributed by atoms with E-state index in [9.17, 15) is 0 Å². The molecule has 94 valence electrons. The van der Waals surface area contributed by atoms with Crippen LogP contribution in [-0.4, -0.2) is 31.1 Å². The van der Waals surface area contributed by atoms with Crippen molar-refractivity contribution in [2.24, 2.45) is 0 Å². The van der Waals surface area contributed by atoms with E-state index in [4.69, 9.17) is 0 Å². The summed E-state index contributed by atoms with van der Waals surface area (Å²) in [5.41, 5.74) is 2.45. The van der Waals surface area contributed by atoms with Gasteiger partial charge in [0.2, 0.25) is 0 Å². The highest BCUT2D eigenvalue weighted by atomic mass is 79.9. The first kappa shape index (κ1) is 13.4. The third-order valence-corrected chi connectivity index (χ3v) is 4.50. The maximum absolute atomic E-state index is 3.64. The van der Waals surface area contributed by atoms with E-state index in [2.05, 4.69) is 68.2 Å². The highest BCUT2D eigenvalue weighted by Gasteiger charge is 2.18. The van der Waals surface area contributed by atoms with Gasteiger partial charge in [0.25, 0.3) is 0 Å². The second kappa shape index (κ2) is 5.72. The lowest BCUT2D eigenvalue weighted by atomic mass is 10.1. The van der Waals surface area contributed by atoms with Crippen molar-refractivity contribution in [1.29, 1.82) is 0 Å². The topological polar surface area (TPSA) is 15.3 Å². The molecule has 0 spiro atoms. The molecule has 1 aliphatic heterocycles. The minimum absolute atomic E-state index is 0.585. The number of halogens is 2. The predicted molar refractivity (Wildman–Crippen MR) is 80.7 cm³/mol. The summed E-state index contributed by atoms with van der Waals surface area (Å²) >= 11 is 7.27. The van der Waals surface area contributed by atoms with Gasteiger partial charge in [0, 0.05) is 15.0 Å². The highest BCUT2D eigenvalue weighted by molar-refractivity contribution is 9.11. The minimum Gasteiger partial charge on any atom is -0.380 e. The molecule has 4 heteroatoms. The molecule has 1 fully saturated rings. The van der Waals surface area contributed by atoms with Crippen LogP contribution in [0.3, 0.4) is 0 Å². The lowest BCUT2D eigenvalue weighted by Gasteiger charge is -2.30. The van der Waals surface area contributed by atoms with E-state index in [1.165, 1.54) is 37.2 Å². The largest absolute Gasteiger partial charge is 0.380 e. The van der Waals surface area contributed by atoms with Crippen molar-refractivity contribution < 1.29 is 0 Å². The number of anilines is 1. The van der Waals surface area contributed by atoms with Gasteiger partial charge in [-0.25, -0.2) is 0 Å². The second-order valence-corrected chi connectivity index (χ2v) is 6.53. The first-order valence-corrected chi connectivity index (χ1v) is 7.55. The Labute approximate surface area is 120 Å². The number of piperidine rings is 1. The van der Waals surface area contributed by atoms with Gasteiger partial charge in [0.15, 0.2) is 0 Å². The first-order valence-electron chi connectivity index (χ1n) is 5.97. The standard InChI is InChI=1S/C13H18Br2N2/c1-9-7-11(14)13(12(15)8-9)16-10-3-5-17(2)6-4-10/h7-8,10,16H,3-6H2,1-2H3. The zero-order valence-electron chi connectivity index (χ0n) is 10.3. The van der Waals surface area contributed by atoms with Crippen LogP contribution in [0.25, 0.3) is 0 Å². The Morgan fingerprint density at radius 3 is 2.24 bits per heavy atom. The fourth-order valence-corrected chi connectivity index (χ4v) is 3.84. The van der Waals surface area contributed by atoms with Gasteiger partial charge in [-0.05, 0) is 89.5 Å². The Hall–Kier alpha value is -0.0600. The SMILES string of the molecule is Cc1cc(Br)c(NC2CCN(C)CC2)c(Br)c1. The molecule has 0 aromatic heterocycles. The molecule has 2 rings (SSSR count). The Morgan fingerprint density at radius 2 is 1.71 bits per heavy atom. The smallest absolute Gasteiger partial charge is 0.0631 e. The van der Waals surface area contributed by atoms with Crippen LogP contribution in [0.15, 0.2) is 21.1 Å². The normalized spacial score (nSPS) is 18.4. The van der Waals surface area contributed by atoms with Crippen LogP contribution in [0.1, 0.15) is 18.4 Å². The third kappa shape index (κ3) is 3.46. The fourth-order valence-electron chi connectivity index (χ4n) is 2.19. The summed E-state index contributed by atoms with van der Waals surface area (Å²) in [4.78, 5) is 2.39. The zero-order chi connectivity index (χ0) is 12.4. The number of benzene rings is 1. The summed E-state index contributed by atoms with van der Waals surface area (Å²) in [5, 5.41) is 3.64. The number of rotatable bonds is 2. The van der Waals surface area contributed by atoms with Crippen LogP contribution >= 0.6 is 31.9 Å². The van der Waals surface area contributed by atoms with Gasteiger partial charge in [-0.15, -0.1) is 0 Å². The van der Waals surface area contributed by atoms with E-state index < -0.39 is 0 Å². The van der Waals surface area contributed by atoms with E-state index in [1.54, 1.807) is 0 Å². The number of aryl methyl sites for hydroxylation is 1. The molecule has 0 radical (unpaired) electrons. The van der Waals surface area contributed by atoms with Gasteiger partial charge in [-0.1, -0.05) is 0 Å². The number of hydrogen-bond donors (Lipinski definition) is 1. The molecule has 0 unspecified atom stereocenters. The van der Waals surface area contributed by atoms with Crippen LogP contribution in [0.5, 0.6) is 0 Å². The Bertz CT molecular complexity index is 375. The Morgan fingerprint density at radius 1 is 1.18 bits per heavy atom. The maximum atomic E-state index is 3.64. The van der Waals surface area contributed by atoms with Gasteiger partial charge in [0.1, 0.15) is 0 Å². The van der Waals surface area contributed by atoms with Crippen LogP contribution in [-0.2, 0) is 0 Å². The van der Waals surface area contributed by atoms with E-state index in [-0.39, 0.29) is 0 Å². The molecule has 0 atom stereocenters. The zero-order valence-corrected chi connectivity index (χ0v) is 13.4. The van der Waals surface area contributed by atoms with E-state index in [0.29, 0.717) is 6.04 Å². The van der Waals surface area contributed by atoms with Gasteiger partial charge in [0.05, 0.1) is 5.69 Å². The predicted octanol–water partition coefficient (Wildman–Crippen LogP) is 4.03. The molecule has 1 saturated heterocycles. The van der Waals surface area contributed by atoms with Gasteiger partial charge >= 0.3 is 0 Å². The summed E-state index contributed by atoms with van der Waals surface area (Å²) in [7, 11) is 2.19. The van der Waals surface area contributed by atoms with Crippen molar-refractivity contribution in [2.45, 2.75) is 25.8 Å². The van der Waals surface area contributed by atoms with E-state index in [0.717, 1.165) is 8.95 Å². The molecule has 1 aromatic carbocycles. The summed E-state index contributed by atoms with van der Waals surface area (Å²) < 4.78 is 2.28. The molecule has 1 N–H and O–H groups in total. The molecular weight excluding hydrogens is 344 g/mol. The van der Waals surface area contributed by atoms with Gasteiger partial charge in [-0.2, -0.15) is 0 Å². The van der Waals surface area contributed by atoms with Crippen LogP contribution in [0.4, 0.5) is 5.69 Å². The lowest BCUT2D eigenvalue weighted by Crippen LogP contribution is -2.36. The van der Waals surface area contributed by atoms with Gasteiger partial charge in [-0.3, -0.25) is 0 Å². The molecule has 2 nitrogen and oxygen atoms in total. The molecule has 1 aromatic rings. The fraction of sp³-hybridized carbons (Fsp3) is 0.538. The van der Waals surface area contributed by atoms with Crippen LogP contribution in [0, 0.1) is 6.92 Å². The van der Waals surface area contributed by atoms with Crippen molar-refractivity contribution in [3.8, 4) is 0 Å². The number of nitrogens with zero attached hydrogens (tertiary/aromatic N) is 1. The first-order chi connectivity index (χ1) is 8.06. The maximum Gasteiger partial charge on any atom is 0.0631 e. The van der Waals surface area contributed by atoms with Crippen molar-refractivity contribution in [3.05, 3.63) is 26.6 Å². The third-order valence-electron chi connectivity index (χ3n) is 3.25. The second-order valence-electron chi connectivity index (χ2n) is 4.83. The summed E-state index contributed by atoms with van der Waals surface area (Å²) in [6.45, 7) is 4.46. The molecular formula is C13H18Br2N2. The van der Waals surface area contributed by atoms with Crippen molar-refractivity contribution in [2.75, 3.05) is 25.5 Å². The Kier molecular flexibility index (Phi) is 4.50. The summed E-state index contributed by atoms with van der Waals surface area (Å²) in [5.74, 6) is 0. The van der Waals surface area contributed by atoms with E-state index >= 15 is 0 Å². The van der Waals surface area contributed by atoms with Crippen molar-refractivity contribution in [1.82, 2.24) is 4.90 Å². The lowest BCUT2D eigenvalue weighted by molar-refractivity contribution is 0.264. The number of hydrogen-bond acceptors (Lipinski definition) is 2. The minimum atomic E-state index is 0.585. The number of nitrogens with one attached hydrogen (secondary N) is 1. The summed E-state index contributed by atoms with van der Waals surface area (Å²) in [6, 6.07) is 4.89. The quantitative estimate of drug-likeness (QED) is 0.855. The molecule has 1 aliphatic rings.